The van der Waals surface area contributed by atoms with E-state index in [4.69, 9.17) is 9.72 Å². The van der Waals surface area contributed by atoms with E-state index < -0.39 is 6.10 Å². The molecule has 7 heteroatoms. The van der Waals surface area contributed by atoms with Gasteiger partial charge in [-0.1, -0.05) is 38.1 Å². The monoisotopic (exact) mass is 487 g/mol. The highest BCUT2D eigenvalue weighted by Crippen LogP contribution is 2.33. The highest BCUT2D eigenvalue weighted by molar-refractivity contribution is 5.96. The number of aliphatic hydroxyl groups is 1. The molecule has 4 aromatic rings. The number of nitrogens with zero attached hydrogens (tertiary/aromatic N) is 3. The molecule has 1 aliphatic rings. The zero-order chi connectivity index (χ0) is 25.2. The number of hydrogen-bond acceptors (Lipinski definition) is 4. The third-order valence-corrected chi connectivity index (χ3v) is 6.70. The summed E-state index contributed by atoms with van der Waals surface area (Å²) in [5, 5.41) is 10.9. The minimum atomic E-state index is -0.767. The lowest BCUT2D eigenvalue weighted by molar-refractivity contribution is -0.117. The Morgan fingerprint density at radius 2 is 1.78 bits per heavy atom. The molecule has 1 saturated heterocycles. The normalized spacial score (nSPS) is 16.8. The lowest BCUT2D eigenvalue weighted by Gasteiger charge is -2.19. The molecule has 0 radical (unpaired) electrons. The Labute approximate surface area is 210 Å². The number of hydrogen-bond donors (Lipinski definition) is 1. The Bertz CT molecular complexity index is 1350. The summed E-state index contributed by atoms with van der Waals surface area (Å²) >= 11 is 0. The summed E-state index contributed by atoms with van der Waals surface area (Å²) < 4.78 is 21.2. The summed E-state index contributed by atoms with van der Waals surface area (Å²) in [5.74, 6) is 1.40. The summed E-state index contributed by atoms with van der Waals surface area (Å²) in [7, 11) is 0. The maximum absolute atomic E-state index is 13.4. The van der Waals surface area contributed by atoms with Crippen molar-refractivity contribution in [3.63, 3.8) is 0 Å². The third-order valence-electron chi connectivity index (χ3n) is 6.70. The van der Waals surface area contributed by atoms with Crippen molar-refractivity contribution in [3.8, 4) is 5.75 Å². The van der Waals surface area contributed by atoms with E-state index in [1.165, 1.54) is 17.7 Å². The number of fused-ring (bicyclic) bond motifs is 1. The lowest BCUT2D eigenvalue weighted by Crippen LogP contribution is -2.26. The van der Waals surface area contributed by atoms with Gasteiger partial charge in [0.1, 0.15) is 30.1 Å². The molecule has 2 heterocycles. The van der Waals surface area contributed by atoms with E-state index >= 15 is 0 Å². The average molecular weight is 488 g/mol. The smallest absolute Gasteiger partial charge is 0.227 e. The third kappa shape index (κ3) is 4.97. The van der Waals surface area contributed by atoms with Gasteiger partial charge in [0, 0.05) is 24.6 Å². The van der Waals surface area contributed by atoms with Crippen LogP contribution in [0.1, 0.15) is 43.5 Å². The number of carbonyl (C=O) groups is 1. The Morgan fingerprint density at radius 1 is 1.06 bits per heavy atom. The van der Waals surface area contributed by atoms with Crippen molar-refractivity contribution in [2.24, 2.45) is 0 Å². The second-order valence-electron chi connectivity index (χ2n) is 9.64. The number of ether oxygens (including phenoxy) is 1. The van der Waals surface area contributed by atoms with Gasteiger partial charge in [-0.15, -0.1) is 0 Å². The molecule has 36 heavy (non-hydrogen) atoms. The minimum Gasteiger partial charge on any atom is -0.491 e. The van der Waals surface area contributed by atoms with Crippen LogP contribution in [0.3, 0.4) is 0 Å². The number of amides is 1. The molecule has 0 spiro atoms. The van der Waals surface area contributed by atoms with Crippen LogP contribution in [-0.2, 0) is 11.3 Å². The predicted octanol–water partition coefficient (Wildman–Crippen LogP) is 5.26. The van der Waals surface area contributed by atoms with E-state index in [0.29, 0.717) is 36.9 Å². The first-order chi connectivity index (χ1) is 17.4. The van der Waals surface area contributed by atoms with Gasteiger partial charge in [0.25, 0.3) is 0 Å². The SMILES string of the molecule is CC(C)c1ccc(OC[C@H](O)Cn2c([C@H]3CC(=O)N(c4ccc(F)cc4)C3)nc3ccccc32)cc1. The number of para-hydroxylation sites is 2. The minimum absolute atomic E-state index is 0.0288. The molecule has 0 saturated carbocycles. The van der Waals surface area contributed by atoms with Crippen molar-refractivity contribution in [1.29, 1.82) is 0 Å². The van der Waals surface area contributed by atoms with E-state index in [9.17, 15) is 14.3 Å². The summed E-state index contributed by atoms with van der Waals surface area (Å²) in [4.78, 5) is 19.4. The molecule has 0 aliphatic carbocycles. The number of imidazole rings is 1. The Kier molecular flexibility index (Phi) is 6.74. The quantitative estimate of drug-likeness (QED) is 0.368. The van der Waals surface area contributed by atoms with Crippen LogP contribution in [-0.4, -0.2) is 39.8 Å². The maximum Gasteiger partial charge on any atom is 0.227 e. The molecule has 0 unspecified atom stereocenters. The Hall–Kier alpha value is -3.71. The lowest BCUT2D eigenvalue weighted by atomic mass is 10.0. The summed E-state index contributed by atoms with van der Waals surface area (Å²) in [5.41, 5.74) is 3.62. The van der Waals surface area contributed by atoms with Crippen LogP contribution in [0.5, 0.6) is 5.75 Å². The first kappa shape index (κ1) is 24.0. The summed E-state index contributed by atoms with van der Waals surface area (Å²) in [6, 6.07) is 21.7. The van der Waals surface area contributed by atoms with Crippen molar-refractivity contribution >= 4 is 22.6 Å². The van der Waals surface area contributed by atoms with E-state index in [2.05, 4.69) is 13.8 Å². The van der Waals surface area contributed by atoms with Crippen molar-refractivity contribution in [2.75, 3.05) is 18.1 Å². The van der Waals surface area contributed by atoms with Crippen LogP contribution in [0.25, 0.3) is 11.0 Å². The summed E-state index contributed by atoms with van der Waals surface area (Å²) in [6.45, 7) is 5.16. The molecule has 1 aliphatic heterocycles. The van der Waals surface area contributed by atoms with Crippen molar-refractivity contribution in [1.82, 2.24) is 9.55 Å². The van der Waals surface area contributed by atoms with Crippen LogP contribution in [0.15, 0.2) is 72.8 Å². The van der Waals surface area contributed by atoms with Gasteiger partial charge in [-0.25, -0.2) is 9.37 Å². The fourth-order valence-corrected chi connectivity index (χ4v) is 4.75. The number of anilines is 1. The zero-order valence-corrected chi connectivity index (χ0v) is 20.5. The van der Waals surface area contributed by atoms with Crippen LogP contribution in [0.2, 0.25) is 0 Å². The molecule has 5 rings (SSSR count). The Morgan fingerprint density at radius 3 is 2.50 bits per heavy atom. The molecule has 1 N–H and O–H groups in total. The fourth-order valence-electron chi connectivity index (χ4n) is 4.75. The largest absolute Gasteiger partial charge is 0.491 e. The average Bonchev–Trinajstić information content (AvgIpc) is 3.44. The van der Waals surface area contributed by atoms with E-state index in [1.54, 1.807) is 17.0 Å². The number of rotatable bonds is 8. The number of halogens is 1. The molecule has 0 bridgehead atoms. The van der Waals surface area contributed by atoms with Gasteiger partial charge in [-0.3, -0.25) is 4.79 Å². The van der Waals surface area contributed by atoms with E-state index in [1.807, 2.05) is 53.1 Å². The van der Waals surface area contributed by atoms with E-state index in [0.717, 1.165) is 16.9 Å². The van der Waals surface area contributed by atoms with Crippen LogP contribution in [0, 0.1) is 5.82 Å². The molecule has 186 valence electrons. The molecule has 3 aromatic carbocycles. The molecule has 2 atom stereocenters. The van der Waals surface area contributed by atoms with Gasteiger partial charge in [0.15, 0.2) is 0 Å². The van der Waals surface area contributed by atoms with Crippen LogP contribution >= 0.6 is 0 Å². The van der Waals surface area contributed by atoms with Gasteiger partial charge < -0.3 is 19.3 Å². The van der Waals surface area contributed by atoms with Gasteiger partial charge in [-0.2, -0.15) is 0 Å². The first-order valence-corrected chi connectivity index (χ1v) is 12.3. The molecular weight excluding hydrogens is 457 g/mol. The highest BCUT2D eigenvalue weighted by Gasteiger charge is 2.35. The first-order valence-electron chi connectivity index (χ1n) is 12.3. The zero-order valence-electron chi connectivity index (χ0n) is 20.5. The van der Waals surface area contributed by atoms with Gasteiger partial charge in [-0.05, 0) is 60.0 Å². The predicted molar refractivity (Wildman–Crippen MR) is 138 cm³/mol. The molecule has 6 nitrogen and oxygen atoms in total. The maximum atomic E-state index is 13.4. The van der Waals surface area contributed by atoms with Crippen LogP contribution in [0.4, 0.5) is 10.1 Å². The number of aliphatic hydroxyl groups excluding tert-OH is 1. The van der Waals surface area contributed by atoms with Gasteiger partial charge in [0.05, 0.1) is 17.6 Å². The summed E-state index contributed by atoms with van der Waals surface area (Å²) in [6.07, 6.45) is -0.466. The standard InChI is InChI=1S/C29H30FN3O3/c1-19(2)20-7-13-25(14-8-20)36-18-24(34)17-33-27-6-4-3-5-26(27)31-29(33)21-15-28(35)32(16-21)23-11-9-22(30)10-12-23/h3-14,19,21,24,34H,15-18H2,1-2H3/t21-,24+/m0/s1. The fraction of sp³-hybridized carbons (Fsp3) is 0.310. The number of carbonyl (C=O) groups excluding carboxylic acids is 1. The van der Waals surface area contributed by atoms with Crippen molar-refractivity contribution in [2.45, 2.75) is 44.8 Å². The number of aromatic nitrogens is 2. The molecule has 1 aromatic heterocycles. The van der Waals surface area contributed by atoms with E-state index in [-0.39, 0.29) is 24.2 Å². The molecule has 1 amide bonds. The van der Waals surface area contributed by atoms with Gasteiger partial charge in [0.2, 0.25) is 5.91 Å². The molecule has 1 fully saturated rings. The second-order valence-corrected chi connectivity index (χ2v) is 9.64. The topological polar surface area (TPSA) is 67.6 Å². The van der Waals surface area contributed by atoms with Crippen molar-refractivity contribution in [3.05, 3.63) is 90.0 Å². The van der Waals surface area contributed by atoms with Crippen molar-refractivity contribution < 1.29 is 19.0 Å². The van der Waals surface area contributed by atoms with Gasteiger partial charge >= 0.3 is 0 Å². The van der Waals surface area contributed by atoms with Crippen LogP contribution < -0.4 is 9.64 Å². The highest BCUT2D eigenvalue weighted by atomic mass is 19.1. The molecular formula is C29H30FN3O3. The Balaban J connectivity index is 1.34. The number of benzene rings is 3. The second kappa shape index (κ2) is 10.1.